The summed E-state index contributed by atoms with van der Waals surface area (Å²) in [7, 11) is 0. The first-order valence-corrected chi connectivity index (χ1v) is 12.4. The highest BCUT2D eigenvalue weighted by Crippen LogP contribution is 2.35. The fourth-order valence-electron chi connectivity index (χ4n) is 4.73. The molecule has 0 unspecified atom stereocenters. The molecule has 3 heterocycles. The number of rotatable bonds is 10. The number of nitrogens with one attached hydrogen (secondary N) is 1. The monoisotopic (exact) mass is 512 g/mol. The summed E-state index contributed by atoms with van der Waals surface area (Å²) in [5.41, 5.74) is 6.28. The molecule has 1 aliphatic carbocycles. The van der Waals surface area contributed by atoms with Gasteiger partial charge in [0, 0.05) is 49.6 Å². The number of carbonyl (C=O) groups is 1. The van der Waals surface area contributed by atoms with Crippen LogP contribution in [0.25, 0.3) is 5.69 Å². The molecule has 1 saturated heterocycles. The predicted octanol–water partition coefficient (Wildman–Crippen LogP) is 1.69. The maximum absolute atomic E-state index is 15.6. The number of nitrogens with zero attached hydrogens (tertiary/aromatic N) is 6. The van der Waals surface area contributed by atoms with Crippen molar-refractivity contribution in [2.24, 2.45) is 11.7 Å². The SMILES string of the molecule is NC(=O)CN1CC[C@H](CNc2ncnc(N(Cc3ccc(-n4cccn4)cc3F)C3CC3)c2F)[C@@H](O)C1. The van der Waals surface area contributed by atoms with Gasteiger partial charge in [0.05, 0.1) is 18.3 Å². The standard InChI is InChI=1S/C25H30F2N8O2/c26-20-10-19(35-8-1-7-32-35)3-2-17(20)12-34(18-4-5-18)25-23(27)24(30-15-31-25)29-11-16-6-9-33(13-21(16)36)14-22(28)37/h1-3,7-8,10,15-16,18,21,36H,4-6,9,11-14H2,(H2,28,37)(H,29,30,31)/t16-,21+/m1/s1. The van der Waals surface area contributed by atoms with Crippen LogP contribution in [-0.2, 0) is 11.3 Å². The third-order valence-corrected chi connectivity index (χ3v) is 6.89. The lowest BCUT2D eigenvalue weighted by Gasteiger charge is -2.35. The highest BCUT2D eigenvalue weighted by molar-refractivity contribution is 5.75. The van der Waals surface area contributed by atoms with E-state index >= 15 is 4.39 Å². The van der Waals surface area contributed by atoms with E-state index in [2.05, 4.69) is 20.4 Å². The molecule has 2 atom stereocenters. The van der Waals surface area contributed by atoms with Crippen molar-refractivity contribution in [2.75, 3.05) is 36.4 Å². The molecular formula is C25H30F2N8O2. The van der Waals surface area contributed by atoms with Crippen molar-refractivity contribution in [3.05, 3.63) is 60.2 Å². The van der Waals surface area contributed by atoms with E-state index in [0.29, 0.717) is 37.3 Å². The predicted molar refractivity (Wildman–Crippen MR) is 133 cm³/mol. The van der Waals surface area contributed by atoms with Crippen molar-refractivity contribution in [1.82, 2.24) is 24.6 Å². The Labute approximate surface area is 213 Å². The first-order chi connectivity index (χ1) is 17.9. The van der Waals surface area contributed by atoms with Crippen molar-refractivity contribution in [3.8, 4) is 5.69 Å². The number of nitrogens with two attached hydrogens (primary N) is 1. The first-order valence-electron chi connectivity index (χ1n) is 12.4. The largest absolute Gasteiger partial charge is 0.391 e. The molecule has 12 heteroatoms. The maximum atomic E-state index is 15.6. The zero-order valence-electron chi connectivity index (χ0n) is 20.3. The Hall–Kier alpha value is -3.64. The van der Waals surface area contributed by atoms with Gasteiger partial charge in [0.15, 0.2) is 11.6 Å². The average molecular weight is 513 g/mol. The quantitative estimate of drug-likeness (QED) is 0.375. The molecule has 2 fully saturated rings. The van der Waals surface area contributed by atoms with Gasteiger partial charge >= 0.3 is 0 Å². The summed E-state index contributed by atoms with van der Waals surface area (Å²) in [5.74, 6) is -1.42. The van der Waals surface area contributed by atoms with Crippen molar-refractivity contribution in [2.45, 2.75) is 38.0 Å². The number of aliphatic hydroxyl groups is 1. The van der Waals surface area contributed by atoms with E-state index in [-0.39, 0.29) is 36.7 Å². The van der Waals surface area contributed by atoms with Crippen molar-refractivity contribution in [1.29, 1.82) is 0 Å². The van der Waals surface area contributed by atoms with Gasteiger partial charge in [-0.15, -0.1) is 0 Å². The summed E-state index contributed by atoms with van der Waals surface area (Å²) in [4.78, 5) is 23.0. The van der Waals surface area contributed by atoms with Crippen LogP contribution in [0.2, 0.25) is 0 Å². The van der Waals surface area contributed by atoms with E-state index in [0.717, 1.165) is 12.8 Å². The van der Waals surface area contributed by atoms with Gasteiger partial charge in [-0.2, -0.15) is 9.49 Å². The van der Waals surface area contributed by atoms with Crippen LogP contribution >= 0.6 is 0 Å². The molecule has 0 bridgehead atoms. The number of benzene rings is 1. The van der Waals surface area contributed by atoms with E-state index in [4.69, 9.17) is 5.73 Å². The minimum absolute atomic E-state index is 0.0388. The number of likely N-dealkylation sites (tertiary alicyclic amines) is 1. The molecular weight excluding hydrogens is 482 g/mol. The Morgan fingerprint density at radius 1 is 1.24 bits per heavy atom. The normalized spacial score (nSPS) is 20.1. The smallest absolute Gasteiger partial charge is 0.231 e. The van der Waals surface area contributed by atoms with Gasteiger partial charge in [-0.25, -0.2) is 19.0 Å². The third-order valence-electron chi connectivity index (χ3n) is 6.89. The maximum Gasteiger partial charge on any atom is 0.231 e. The van der Waals surface area contributed by atoms with Crippen LogP contribution in [0.3, 0.4) is 0 Å². The summed E-state index contributed by atoms with van der Waals surface area (Å²) in [5, 5.41) is 17.6. The van der Waals surface area contributed by atoms with Gasteiger partial charge in [-0.05, 0) is 44.0 Å². The van der Waals surface area contributed by atoms with Crippen LogP contribution in [0.5, 0.6) is 0 Å². The molecule has 5 rings (SSSR count). The fraction of sp³-hybridized carbons (Fsp3) is 0.440. The molecule has 0 spiro atoms. The molecule has 0 radical (unpaired) electrons. The molecule has 10 nitrogen and oxygen atoms in total. The number of aromatic nitrogens is 4. The first kappa shape index (κ1) is 25.0. The van der Waals surface area contributed by atoms with Crippen LogP contribution in [0.4, 0.5) is 20.4 Å². The Morgan fingerprint density at radius 2 is 2.08 bits per heavy atom. The number of anilines is 2. The van der Waals surface area contributed by atoms with Crippen molar-refractivity contribution in [3.63, 3.8) is 0 Å². The van der Waals surface area contributed by atoms with Crippen LogP contribution in [0, 0.1) is 17.6 Å². The van der Waals surface area contributed by atoms with E-state index in [1.54, 1.807) is 45.1 Å². The van der Waals surface area contributed by atoms with Gasteiger partial charge < -0.3 is 21.1 Å². The number of piperidine rings is 1. The number of amides is 1. The van der Waals surface area contributed by atoms with E-state index in [1.165, 1.54) is 12.4 Å². The average Bonchev–Trinajstić information content (AvgIpc) is 3.56. The number of aliphatic hydroxyl groups excluding tert-OH is 1. The Kier molecular flexibility index (Phi) is 7.28. The van der Waals surface area contributed by atoms with Crippen molar-refractivity contribution < 1.29 is 18.7 Å². The van der Waals surface area contributed by atoms with Crippen molar-refractivity contribution >= 4 is 17.5 Å². The molecule has 3 aromatic rings. The minimum Gasteiger partial charge on any atom is -0.391 e. The summed E-state index contributed by atoms with van der Waals surface area (Å²) in [6.07, 6.45) is 6.34. The topological polar surface area (TPSA) is 125 Å². The highest BCUT2D eigenvalue weighted by atomic mass is 19.1. The fourth-order valence-corrected chi connectivity index (χ4v) is 4.73. The van der Waals surface area contributed by atoms with Gasteiger partial charge in [0.1, 0.15) is 12.1 Å². The number of β-amino-alcohol motifs (C(OH)–C–C–N with tert-alkyl or cyclic N) is 1. The second-order valence-electron chi connectivity index (χ2n) is 9.64. The van der Waals surface area contributed by atoms with Gasteiger partial charge in [-0.1, -0.05) is 6.07 Å². The number of carbonyl (C=O) groups excluding carboxylic acids is 1. The lowest BCUT2D eigenvalue weighted by atomic mass is 9.93. The van der Waals surface area contributed by atoms with Crippen LogP contribution in [0.1, 0.15) is 24.8 Å². The summed E-state index contributed by atoms with van der Waals surface area (Å²) >= 11 is 0. The molecule has 1 amide bonds. The van der Waals surface area contributed by atoms with Crippen LogP contribution < -0.4 is 16.0 Å². The van der Waals surface area contributed by atoms with E-state index in [1.807, 2.05) is 0 Å². The summed E-state index contributed by atoms with van der Waals surface area (Å²) in [6.45, 7) is 1.52. The number of hydrogen-bond donors (Lipinski definition) is 3. The molecule has 2 aromatic heterocycles. The highest BCUT2D eigenvalue weighted by Gasteiger charge is 2.34. The van der Waals surface area contributed by atoms with Gasteiger partial charge in [0.25, 0.3) is 0 Å². The van der Waals surface area contributed by atoms with Crippen LogP contribution in [0.15, 0.2) is 43.0 Å². The second-order valence-corrected chi connectivity index (χ2v) is 9.64. The minimum atomic E-state index is -0.680. The zero-order chi connectivity index (χ0) is 25.9. The van der Waals surface area contributed by atoms with E-state index < -0.39 is 23.6 Å². The Bertz CT molecular complexity index is 1240. The Balaban J connectivity index is 1.27. The third kappa shape index (κ3) is 5.86. The zero-order valence-corrected chi connectivity index (χ0v) is 20.3. The van der Waals surface area contributed by atoms with Gasteiger partial charge in [-0.3, -0.25) is 9.69 Å². The lowest BCUT2D eigenvalue weighted by Crippen LogP contribution is -2.48. The second kappa shape index (κ2) is 10.8. The molecule has 37 heavy (non-hydrogen) atoms. The molecule has 2 aliphatic rings. The molecule has 1 aliphatic heterocycles. The van der Waals surface area contributed by atoms with Gasteiger partial charge in [0.2, 0.25) is 11.7 Å². The van der Waals surface area contributed by atoms with E-state index in [9.17, 15) is 14.3 Å². The number of hydrogen-bond acceptors (Lipinski definition) is 8. The Morgan fingerprint density at radius 3 is 2.76 bits per heavy atom. The number of primary amides is 1. The van der Waals surface area contributed by atoms with Crippen LogP contribution in [-0.4, -0.2) is 74.0 Å². The summed E-state index contributed by atoms with van der Waals surface area (Å²) < 4.78 is 32.1. The molecule has 196 valence electrons. The lowest BCUT2D eigenvalue weighted by molar-refractivity contribution is -0.120. The molecule has 4 N–H and O–H groups in total. The number of halogens is 2. The summed E-state index contributed by atoms with van der Waals surface area (Å²) in [6, 6.07) is 6.71. The molecule has 1 saturated carbocycles. The molecule has 1 aromatic carbocycles.